The Morgan fingerprint density at radius 1 is 0.406 bits per heavy atom. The van der Waals surface area contributed by atoms with Crippen molar-refractivity contribution in [3.8, 4) is 34.1 Å². The molecule has 0 spiro atoms. The van der Waals surface area contributed by atoms with E-state index in [2.05, 4.69) is 213 Å². The van der Waals surface area contributed by atoms with Crippen molar-refractivity contribution < 1.29 is 44.8 Å². The van der Waals surface area contributed by atoms with Gasteiger partial charge in [0.2, 0.25) is 0 Å². The van der Waals surface area contributed by atoms with E-state index in [1.807, 2.05) is 18.2 Å². The zero-order valence-corrected chi connectivity index (χ0v) is 43.6. The van der Waals surface area contributed by atoms with Gasteiger partial charge in [0, 0.05) is 0 Å². The summed E-state index contributed by atoms with van der Waals surface area (Å²) in [5.74, 6) is 4.92. The third-order valence-corrected chi connectivity index (χ3v) is 21.7. The number of rotatable bonds is 9. The second-order valence-corrected chi connectivity index (χ2v) is 26.1. The second-order valence-electron chi connectivity index (χ2n) is 16.5. The molecule has 322 valence electrons. The largest absolute Gasteiger partial charge is 1.00 e. The minimum Gasteiger partial charge on any atom is -0.366 e. The van der Waals surface area contributed by atoms with E-state index in [-0.39, 0.29) is 44.8 Å². The molecule has 0 aromatic heterocycles. The van der Waals surface area contributed by atoms with Crippen LogP contribution in [-0.2, 0) is 51.2 Å². The van der Waals surface area contributed by atoms with E-state index in [0.29, 0.717) is 0 Å². The van der Waals surface area contributed by atoms with E-state index in [0.717, 1.165) is 17.5 Å². The first-order valence-electron chi connectivity index (χ1n) is 21.7. The van der Waals surface area contributed by atoms with Crippen molar-refractivity contribution in [3.05, 3.63) is 241 Å². The predicted molar refractivity (Wildman–Crippen MR) is 276 cm³/mol. The molecule has 0 nitrogen and oxygen atoms in total. The summed E-state index contributed by atoms with van der Waals surface area (Å²) in [6.07, 6.45) is 20.6. The van der Waals surface area contributed by atoms with Crippen LogP contribution in [0.1, 0.15) is 35.1 Å². The summed E-state index contributed by atoms with van der Waals surface area (Å²) < 4.78 is 0. The average molecular weight is 1250 g/mol. The molecule has 5 heteroatoms. The second kappa shape index (κ2) is 23.6. The van der Waals surface area contributed by atoms with Crippen LogP contribution in [0.3, 0.4) is 0 Å². The number of unbranched alkanes of at least 4 members (excludes halogenated alkanes) is 1. The fourth-order valence-electron chi connectivity index (χ4n) is 9.07. The molecule has 0 bridgehead atoms. The minimum atomic E-state index is -1.51. The van der Waals surface area contributed by atoms with Gasteiger partial charge < -0.3 is 12.8 Å². The van der Waals surface area contributed by atoms with Gasteiger partial charge in [-0.25, -0.2) is 0 Å². The van der Waals surface area contributed by atoms with Crippen molar-refractivity contribution in [2.45, 2.75) is 32.4 Å². The summed E-state index contributed by atoms with van der Waals surface area (Å²) in [4.78, 5) is 0. The monoisotopic (exact) mass is 1240 g/mol. The molecule has 1 heterocycles. The van der Waals surface area contributed by atoms with E-state index < -0.39 is 23.9 Å². The molecule has 64 heavy (non-hydrogen) atoms. The van der Waals surface area contributed by atoms with Crippen LogP contribution in [0.2, 0.25) is 13.1 Å². The molecule has 1 aliphatic heterocycles. The van der Waals surface area contributed by atoms with Gasteiger partial charge in [0.1, 0.15) is 8.07 Å². The third-order valence-electron chi connectivity index (χ3n) is 12.3. The minimum absolute atomic E-state index is 0. The summed E-state index contributed by atoms with van der Waals surface area (Å²) >= 11 is 0. The fourth-order valence-corrected chi connectivity index (χ4v) is 17.6. The third kappa shape index (κ3) is 11.4. The van der Waals surface area contributed by atoms with E-state index in [4.69, 9.17) is 12.8 Å². The van der Waals surface area contributed by atoms with Crippen molar-refractivity contribution in [1.82, 2.24) is 0 Å². The molecule has 10 rings (SSSR count). The maximum absolute atomic E-state index is 7.25. The van der Waals surface area contributed by atoms with E-state index in [9.17, 15) is 0 Å². The SMILES string of the molecule is [Au+].[Au+].[C-]#Cc1ccc2c(c1)-c1ccccc1C2.[C-]#Cc1ccc2c(c1)-c1ccccc1[Si]2(C)C.c1ccc([PH+](CCCC[PH+](c2ccccc2)c2ccccc2)c2ccccc2)cc1. The van der Waals surface area contributed by atoms with Gasteiger partial charge in [-0.05, 0) is 112 Å². The molecule has 0 saturated carbocycles. The summed E-state index contributed by atoms with van der Waals surface area (Å²) in [5.41, 5.74) is 9.71. The van der Waals surface area contributed by atoms with Gasteiger partial charge in [0.25, 0.3) is 0 Å². The van der Waals surface area contributed by atoms with Crippen LogP contribution in [0.5, 0.6) is 0 Å². The Kier molecular flexibility index (Phi) is 18.0. The smallest absolute Gasteiger partial charge is 0.366 e. The van der Waals surface area contributed by atoms with Crippen LogP contribution in [0.4, 0.5) is 0 Å². The molecule has 8 aromatic carbocycles. The predicted octanol–water partition coefficient (Wildman–Crippen LogP) is 11.1. The maximum Gasteiger partial charge on any atom is 1.00 e. The van der Waals surface area contributed by atoms with Crippen LogP contribution >= 0.6 is 15.8 Å². The number of hydrogen-bond donors (Lipinski definition) is 0. The zero-order chi connectivity index (χ0) is 42.7. The molecule has 0 fully saturated rings. The maximum atomic E-state index is 7.25. The summed E-state index contributed by atoms with van der Waals surface area (Å²) in [7, 11) is -2.93. The van der Waals surface area contributed by atoms with Crippen molar-refractivity contribution in [3.63, 3.8) is 0 Å². The van der Waals surface area contributed by atoms with Gasteiger partial charge in [-0.3, -0.25) is 11.8 Å². The first-order chi connectivity index (χ1) is 30.4. The normalized spacial score (nSPS) is 11.9. The van der Waals surface area contributed by atoms with Gasteiger partial charge in [-0.15, -0.1) is 35.4 Å². The molecule has 0 unspecified atom stereocenters. The van der Waals surface area contributed by atoms with Crippen LogP contribution in [-0.4, -0.2) is 20.4 Å². The summed E-state index contributed by atoms with van der Waals surface area (Å²) in [6.45, 7) is 4.79. The Hall–Kier alpha value is -4.56. The topological polar surface area (TPSA) is 0 Å². The molecule has 2 aliphatic rings. The van der Waals surface area contributed by atoms with Crippen LogP contribution in [0, 0.1) is 24.7 Å². The van der Waals surface area contributed by atoms with E-state index >= 15 is 0 Å². The first-order valence-corrected chi connectivity index (χ1v) is 28.1. The average Bonchev–Trinajstić information content (AvgIpc) is 3.82. The van der Waals surface area contributed by atoms with Crippen molar-refractivity contribution in [2.24, 2.45) is 0 Å². The summed E-state index contributed by atoms with van der Waals surface area (Å²) in [6, 6.07) is 74.2. The Labute approximate surface area is 416 Å². The molecule has 0 saturated heterocycles. The summed E-state index contributed by atoms with van der Waals surface area (Å²) in [5, 5.41) is 9.13. The van der Waals surface area contributed by atoms with E-state index in [1.165, 1.54) is 90.1 Å². The molecule has 8 aromatic rings. The zero-order valence-electron chi connectivity index (χ0n) is 36.3. The van der Waals surface area contributed by atoms with E-state index in [1.54, 1.807) is 0 Å². The van der Waals surface area contributed by atoms with Crippen LogP contribution in [0.15, 0.2) is 206 Å². The molecule has 0 atom stereocenters. The van der Waals surface area contributed by atoms with Crippen LogP contribution < -0.4 is 31.6 Å². The molecular formula is C59H52Au2P2Si+2. The van der Waals surface area contributed by atoms with Gasteiger partial charge in [-0.2, -0.15) is 0 Å². The van der Waals surface area contributed by atoms with Crippen molar-refractivity contribution in [1.29, 1.82) is 0 Å². The molecule has 0 amide bonds. The standard InChI is InChI=1S/C28H28P2.C16H13Si.C15H9.2Au/c1-5-15-25(16-6-1)29(26-17-7-2-8-18-26)23-13-14-24-30(27-19-9-3-10-20-27)28-21-11-4-12-22-28;1-4-12-9-10-16-14(11-12)13-7-5-6-8-15(13)17(16,2)3;1-2-11-7-8-13-10-12-5-3-4-6-14(12)15(13)9-11;;/h1-12,15-22H,13-14,23-24H2;5-11H,2-3H3;3-9H,10H2;;/q;2*-1;2*+1/p+2. The Balaban J connectivity index is 0.000000170. The Bertz CT molecular complexity index is 2670. The number of benzene rings is 8. The Morgan fingerprint density at radius 2 is 0.781 bits per heavy atom. The van der Waals surface area contributed by atoms with Gasteiger partial charge in [0.05, 0.1) is 49.4 Å². The molecule has 0 radical (unpaired) electrons. The Morgan fingerprint density at radius 3 is 1.27 bits per heavy atom. The number of hydrogen-bond acceptors (Lipinski definition) is 0. The fraction of sp³-hybridized carbons (Fsp3) is 0.119. The van der Waals surface area contributed by atoms with Crippen LogP contribution in [0.25, 0.3) is 22.3 Å². The van der Waals surface area contributed by atoms with Crippen molar-refractivity contribution in [2.75, 3.05) is 12.3 Å². The van der Waals surface area contributed by atoms with Gasteiger partial charge in [-0.1, -0.05) is 147 Å². The van der Waals surface area contributed by atoms with Gasteiger partial charge >= 0.3 is 44.8 Å². The van der Waals surface area contributed by atoms with Gasteiger partial charge in [0.15, 0.2) is 0 Å². The molecule has 0 N–H and O–H groups in total. The molecular weight excluding hydrogens is 1190 g/mol. The first kappa shape index (κ1) is 48.9. The number of fused-ring (bicyclic) bond motifs is 6. The van der Waals surface area contributed by atoms with Crippen molar-refractivity contribution >= 4 is 55.5 Å². The quantitative estimate of drug-likeness (QED) is 0.0444. The molecule has 1 aliphatic carbocycles.